The fraction of sp³-hybridized carbons (Fsp3) is 0.857. The SMILES string of the molecule is CCCCCCCC/C=C/CCCCCCCC(=O)NC(CO)COP(=O)([O-])[O-].[NH4+].[NH4+]. The van der Waals surface area contributed by atoms with Crippen LogP contribution >= 0.6 is 7.82 Å². The van der Waals surface area contributed by atoms with Crippen LogP contribution in [-0.2, 0) is 13.9 Å². The topological polar surface area (TPSA) is 195 Å². The minimum Gasteiger partial charge on any atom is -0.790 e. The van der Waals surface area contributed by atoms with E-state index in [1.807, 2.05) is 0 Å². The number of phosphoric ester groups is 1. The average Bonchev–Trinajstić information content (AvgIpc) is 2.67. The van der Waals surface area contributed by atoms with Gasteiger partial charge >= 0.3 is 0 Å². The molecule has 0 bridgehead atoms. The molecule has 0 radical (unpaired) electrons. The Kier molecular flexibility index (Phi) is 26.8. The Bertz CT molecular complexity index is 474. The molecule has 0 saturated carbocycles. The predicted molar refractivity (Wildman–Crippen MR) is 124 cm³/mol. The van der Waals surface area contributed by atoms with Crippen molar-refractivity contribution in [3.05, 3.63) is 12.2 Å². The molecule has 0 aliphatic rings. The van der Waals surface area contributed by atoms with Crippen molar-refractivity contribution in [3.63, 3.8) is 0 Å². The van der Waals surface area contributed by atoms with Crippen molar-refractivity contribution in [2.24, 2.45) is 0 Å². The van der Waals surface area contributed by atoms with E-state index in [4.69, 9.17) is 5.11 Å². The number of aliphatic hydroxyl groups excluding tert-OH is 1. The third kappa shape index (κ3) is 27.2. The summed E-state index contributed by atoms with van der Waals surface area (Å²) in [6.45, 7) is 1.21. The van der Waals surface area contributed by atoms with Crippen LogP contribution in [0.15, 0.2) is 12.2 Å². The number of quaternary nitrogens is 2. The van der Waals surface area contributed by atoms with Gasteiger partial charge in [-0.1, -0.05) is 70.4 Å². The number of carbonyl (C=O) groups is 1. The summed E-state index contributed by atoms with van der Waals surface area (Å²) in [5.41, 5.74) is 0. The highest BCUT2D eigenvalue weighted by Crippen LogP contribution is 2.24. The second-order valence-corrected chi connectivity index (χ2v) is 8.68. The summed E-state index contributed by atoms with van der Waals surface area (Å²) < 4.78 is 14.5. The van der Waals surface area contributed by atoms with Crippen molar-refractivity contribution in [1.82, 2.24) is 17.6 Å². The number of unbranched alkanes of at least 4 members (excludes halogenated alkanes) is 11. The maximum absolute atomic E-state index is 11.8. The van der Waals surface area contributed by atoms with Crippen LogP contribution in [0.1, 0.15) is 96.8 Å². The Balaban J connectivity index is -0.00000392. The lowest BCUT2D eigenvalue weighted by atomic mass is 10.1. The standard InChI is InChI=1S/C21H42NO6P.2H3N/c1-2-3-4-5-6-7-8-9-10-11-12-13-14-15-16-17-21(24)22-20(18-23)19-28-29(25,26)27;;/h9-10,20,23H,2-8,11-19H2,1H3,(H,22,24)(H2,25,26,27);2*1H3/b10-9+;;. The van der Waals surface area contributed by atoms with E-state index in [-0.39, 0.29) is 18.2 Å². The highest BCUT2D eigenvalue weighted by molar-refractivity contribution is 7.43. The molecule has 1 unspecified atom stereocenters. The van der Waals surface area contributed by atoms with Gasteiger partial charge in [0.25, 0.3) is 0 Å². The summed E-state index contributed by atoms with van der Waals surface area (Å²) in [5.74, 6) is -0.281. The van der Waals surface area contributed by atoms with E-state index in [1.54, 1.807) is 0 Å². The molecule has 0 spiro atoms. The number of rotatable bonds is 20. The zero-order chi connectivity index (χ0) is 21.8. The summed E-state index contributed by atoms with van der Waals surface area (Å²) in [6, 6.07) is -0.887. The molecule has 1 atom stereocenters. The first kappa shape index (κ1) is 34.8. The summed E-state index contributed by atoms with van der Waals surface area (Å²) in [4.78, 5) is 32.6. The molecule has 0 aliphatic heterocycles. The number of allylic oxidation sites excluding steroid dienone is 2. The van der Waals surface area contributed by atoms with E-state index in [9.17, 15) is 19.1 Å². The third-order valence-electron chi connectivity index (χ3n) is 4.68. The van der Waals surface area contributed by atoms with E-state index in [0.717, 1.165) is 38.5 Å². The van der Waals surface area contributed by atoms with Crippen LogP contribution in [-0.4, -0.2) is 30.3 Å². The van der Waals surface area contributed by atoms with E-state index < -0.39 is 27.1 Å². The molecule has 0 aromatic rings. The monoisotopic (exact) mass is 469 g/mol. The number of aliphatic hydroxyl groups is 1. The number of amides is 1. The lowest BCUT2D eigenvalue weighted by molar-refractivity contribution is -0.342. The molecule has 10 N–H and O–H groups in total. The van der Waals surface area contributed by atoms with Gasteiger partial charge in [0.05, 0.1) is 27.1 Å². The van der Waals surface area contributed by atoms with Crippen molar-refractivity contribution in [2.45, 2.75) is 103 Å². The summed E-state index contributed by atoms with van der Waals surface area (Å²) in [6.07, 6.45) is 20.2. The Labute approximate surface area is 188 Å². The van der Waals surface area contributed by atoms with E-state index in [2.05, 4.69) is 28.9 Å². The fourth-order valence-electron chi connectivity index (χ4n) is 2.98. The van der Waals surface area contributed by atoms with Gasteiger partial charge < -0.3 is 41.6 Å². The van der Waals surface area contributed by atoms with Crippen molar-refractivity contribution in [2.75, 3.05) is 13.2 Å². The van der Waals surface area contributed by atoms with Gasteiger partial charge in [-0.15, -0.1) is 0 Å². The largest absolute Gasteiger partial charge is 0.790 e. The van der Waals surface area contributed by atoms with Crippen LogP contribution in [0.3, 0.4) is 0 Å². The molecule has 0 aromatic carbocycles. The zero-order valence-corrected chi connectivity index (χ0v) is 20.9. The fourth-order valence-corrected chi connectivity index (χ4v) is 3.34. The first-order chi connectivity index (χ1) is 13.9. The number of phosphoric acid groups is 1. The first-order valence-corrected chi connectivity index (χ1v) is 12.6. The van der Waals surface area contributed by atoms with Crippen LogP contribution < -0.4 is 27.4 Å². The average molecular weight is 470 g/mol. The number of nitrogens with one attached hydrogen (secondary N) is 1. The number of carbonyl (C=O) groups excluding carboxylic acids is 1. The van der Waals surface area contributed by atoms with Gasteiger partial charge in [0.15, 0.2) is 0 Å². The van der Waals surface area contributed by atoms with Crippen LogP contribution in [0.5, 0.6) is 0 Å². The second kappa shape index (κ2) is 23.9. The van der Waals surface area contributed by atoms with Crippen molar-refractivity contribution < 1.29 is 28.8 Å². The second-order valence-electron chi connectivity index (χ2n) is 7.52. The normalized spacial score (nSPS) is 12.3. The minimum atomic E-state index is -5.10. The molecule has 0 fully saturated rings. The smallest absolute Gasteiger partial charge is 0.220 e. The highest BCUT2D eigenvalue weighted by atomic mass is 31.2. The first-order valence-electron chi connectivity index (χ1n) is 11.1. The van der Waals surface area contributed by atoms with Crippen LogP contribution in [0, 0.1) is 0 Å². The lowest BCUT2D eigenvalue weighted by Gasteiger charge is -2.30. The van der Waals surface area contributed by atoms with Gasteiger partial charge in [-0.25, -0.2) is 0 Å². The minimum absolute atomic E-state index is 0. The lowest BCUT2D eigenvalue weighted by Crippen LogP contribution is -2.41. The summed E-state index contributed by atoms with van der Waals surface area (Å²) in [5, 5.41) is 11.5. The van der Waals surface area contributed by atoms with Gasteiger partial charge in [0.2, 0.25) is 5.91 Å². The maximum Gasteiger partial charge on any atom is 0.220 e. The Morgan fingerprint density at radius 2 is 1.42 bits per heavy atom. The summed E-state index contributed by atoms with van der Waals surface area (Å²) >= 11 is 0. The Hall–Kier alpha value is -0.800. The molecule has 10 heteroatoms. The molecule has 0 aromatic heterocycles. The molecule has 1 amide bonds. The molecule has 0 aliphatic carbocycles. The molecular formula is C21H48N3O6P. The predicted octanol–water partition coefficient (Wildman–Crippen LogP) is 4.10. The van der Waals surface area contributed by atoms with Crippen LogP contribution in [0.4, 0.5) is 0 Å². The van der Waals surface area contributed by atoms with Gasteiger partial charge in [-0.3, -0.25) is 4.79 Å². The van der Waals surface area contributed by atoms with Crippen LogP contribution in [0.2, 0.25) is 0 Å². The zero-order valence-electron chi connectivity index (χ0n) is 20.0. The van der Waals surface area contributed by atoms with E-state index >= 15 is 0 Å². The number of hydrogen-bond donors (Lipinski definition) is 4. The highest BCUT2D eigenvalue weighted by Gasteiger charge is 2.12. The van der Waals surface area contributed by atoms with Crippen LogP contribution in [0.25, 0.3) is 0 Å². The molecule has 188 valence electrons. The molecule has 0 heterocycles. The van der Waals surface area contributed by atoms with Gasteiger partial charge in [-0.05, 0) is 32.1 Å². The molecule has 0 saturated heterocycles. The molecule has 9 nitrogen and oxygen atoms in total. The third-order valence-corrected chi connectivity index (χ3v) is 5.15. The van der Waals surface area contributed by atoms with Gasteiger partial charge in [-0.2, -0.15) is 0 Å². The number of hydrogen-bond acceptors (Lipinski definition) is 6. The van der Waals surface area contributed by atoms with Gasteiger partial charge in [0, 0.05) is 6.42 Å². The maximum atomic E-state index is 11.8. The van der Waals surface area contributed by atoms with Gasteiger partial charge in [0.1, 0.15) is 0 Å². The summed E-state index contributed by atoms with van der Waals surface area (Å²) in [7, 11) is -5.10. The molecule has 0 rings (SSSR count). The van der Waals surface area contributed by atoms with Crippen molar-refractivity contribution in [3.8, 4) is 0 Å². The van der Waals surface area contributed by atoms with E-state index in [1.165, 1.54) is 44.9 Å². The van der Waals surface area contributed by atoms with E-state index in [0.29, 0.717) is 6.42 Å². The Morgan fingerprint density at radius 3 is 1.90 bits per heavy atom. The molecule has 31 heavy (non-hydrogen) atoms. The molecular weight excluding hydrogens is 421 g/mol. The quantitative estimate of drug-likeness (QED) is 0.118. The van der Waals surface area contributed by atoms with Crippen molar-refractivity contribution in [1.29, 1.82) is 0 Å². The van der Waals surface area contributed by atoms with Crippen molar-refractivity contribution >= 4 is 13.7 Å². The Morgan fingerprint density at radius 1 is 0.935 bits per heavy atom.